The summed E-state index contributed by atoms with van der Waals surface area (Å²) in [6.07, 6.45) is 5.60. The third-order valence-corrected chi connectivity index (χ3v) is 2.34. The number of pyridine rings is 2. The first-order chi connectivity index (χ1) is 10.4. The number of aliphatic carboxylic acids is 2. The van der Waals surface area contributed by atoms with E-state index in [0.717, 1.165) is 0 Å². The van der Waals surface area contributed by atoms with Gasteiger partial charge in [-0.15, -0.1) is 0 Å². The SMILES string of the molecule is O.O.O=C([O-])Cn1ccc(=O)cc1.O=C([O-])Cn1ccc(=O)cc1.[Ni+2].[OH3+].[OH3+].[OH3+].[OH3+].[OH3+].[OH3+]. The van der Waals surface area contributed by atoms with Gasteiger partial charge in [0.05, 0.1) is 25.0 Å². The summed E-state index contributed by atoms with van der Waals surface area (Å²) in [6.45, 7) is -0.444. The summed E-state index contributed by atoms with van der Waals surface area (Å²) in [7, 11) is 0. The van der Waals surface area contributed by atoms with Gasteiger partial charge in [0.15, 0.2) is 10.9 Å². The Labute approximate surface area is 184 Å². The van der Waals surface area contributed by atoms with E-state index in [0.29, 0.717) is 0 Å². The van der Waals surface area contributed by atoms with Gasteiger partial charge in [0.1, 0.15) is 0 Å². The van der Waals surface area contributed by atoms with Crippen LogP contribution in [-0.4, -0.2) is 32.0 Å². The fourth-order valence-electron chi connectivity index (χ4n) is 1.40. The monoisotopic (exact) mass is 512 g/mol. The molecule has 17 heteroatoms. The molecule has 188 valence electrons. The maximum Gasteiger partial charge on any atom is 2.00 e. The van der Waals surface area contributed by atoms with E-state index in [4.69, 9.17) is 0 Å². The molecule has 0 spiro atoms. The molecular formula is C14H34N2NiO14+6. The first kappa shape index (κ1) is 56.5. The van der Waals surface area contributed by atoms with Crippen molar-refractivity contribution < 1.29 is 80.1 Å². The first-order valence-electron chi connectivity index (χ1n) is 6.09. The van der Waals surface area contributed by atoms with E-state index in [9.17, 15) is 29.4 Å². The summed E-state index contributed by atoms with van der Waals surface area (Å²) in [5.41, 5.74) is -0.279. The smallest absolute Gasteiger partial charge is 0.548 e. The van der Waals surface area contributed by atoms with Crippen molar-refractivity contribution in [3.63, 3.8) is 0 Å². The molecule has 0 radical (unpaired) electrons. The second kappa shape index (κ2) is 29.2. The van der Waals surface area contributed by atoms with Crippen LogP contribution in [-0.2, 0) is 72.0 Å². The van der Waals surface area contributed by atoms with E-state index >= 15 is 0 Å². The van der Waals surface area contributed by atoms with Gasteiger partial charge in [-0.2, -0.15) is 0 Å². The number of carbonyl (C=O) groups excluding carboxylic acids is 2. The molecule has 31 heavy (non-hydrogen) atoms. The molecule has 0 saturated heterocycles. The second-order valence-corrected chi connectivity index (χ2v) is 4.16. The van der Waals surface area contributed by atoms with Crippen LogP contribution in [0.3, 0.4) is 0 Å². The molecule has 2 aromatic rings. The predicted molar refractivity (Wildman–Crippen MR) is 108 cm³/mol. The second-order valence-electron chi connectivity index (χ2n) is 4.16. The van der Waals surface area contributed by atoms with Gasteiger partial charge in [0.2, 0.25) is 0 Å². The summed E-state index contributed by atoms with van der Waals surface area (Å²) in [5.74, 6) is -2.35. The molecule has 0 bridgehead atoms. The van der Waals surface area contributed by atoms with Gasteiger partial charge in [-0.05, 0) is 0 Å². The summed E-state index contributed by atoms with van der Waals surface area (Å²) < 4.78 is 2.72. The number of carboxylic acid groups (broad SMARTS) is 2. The van der Waals surface area contributed by atoms with Crippen molar-refractivity contribution in [2.75, 3.05) is 0 Å². The van der Waals surface area contributed by atoms with Crippen LogP contribution in [0.5, 0.6) is 0 Å². The zero-order valence-electron chi connectivity index (χ0n) is 16.2. The molecule has 0 aliphatic heterocycles. The van der Waals surface area contributed by atoms with Crippen molar-refractivity contribution in [3.8, 4) is 0 Å². The van der Waals surface area contributed by atoms with Crippen molar-refractivity contribution in [2.45, 2.75) is 13.1 Å². The number of rotatable bonds is 4. The normalized spacial score (nSPS) is 6.71. The van der Waals surface area contributed by atoms with Crippen molar-refractivity contribution in [2.24, 2.45) is 0 Å². The van der Waals surface area contributed by atoms with Crippen LogP contribution in [0.1, 0.15) is 0 Å². The summed E-state index contributed by atoms with van der Waals surface area (Å²) in [5, 5.41) is 20.1. The Morgan fingerprint density at radius 3 is 0.968 bits per heavy atom. The van der Waals surface area contributed by atoms with Gasteiger partial charge in [-0.3, -0.25) is 9.59 Å². The van der Waals surface area contributed by atoms with E-state index < -0.39 is 11.9 Å². The van der Waals surface area contributed by atoms with Gasteiger partial charge in [0.25, 0.3) is 0 Å². The molecule has 0 aliphatic rings. The number of aromatic nitrogens is 2. The maximum atomic E-state index is 10.5. The zero-order valence-corrected chi connectivity index (χ0v) is 17.1. The largest absolute Gasteiger partial charge is 2.00 e. The fraction of sp³-hybridized carbons (Fsp3) is 0.143. The van der Waals surface area contributed by atoms with Gasteiger partial charge in [-0.1, -0.05) is 0 Å². The molecule has 2 aromatic heterocycles. The zero-order chi connectivity index (χ0) is 16.5. The molecule has 0 amide bonds. The van der Waals surface area contributed by atoms with Crippen molar-refractivity contribution in [3.05, 3.63) is 69.5 Å². The Hall–Kier alpha value is -2.99. The van der Waals surface area contributed by atoms with Crippen LogP contribution in [0.25, 0.3) is 0 Å². The van der Waals surface area contributed by atoms with E-state index in [2.05, 4.69) is 0 Å². The fourth-order valence-corrected chi connectivity index (χ4v) is 1.40. The van der Waals surface area contributed by atoms with Gasteiger partial charge >= 0.3 is 16.5 Å². The van der Waals surface area contributed by atoms with Crippen LogP contribution in [0.2, 0.25) is 0 Å². The van der Waals surface area contributed by atoms with Crippen molar-refractivity contribution >= 4 is 11.9 Å². The van der Waals surface area contributed by atoms with Crippen LogP contribution in [0.15, 0.2) is 58.6 Å². The Balaban J connectivity index is -0.0000000346. The molecule has 0 atom stereocenters. The number of nitrogens with zero attached hydrogens (tertiary/aromatic N) is 2. The molecule has 0 aromatic carbocycles. The number of carbonyl (C=O) groups is 2. The molecule has 0 aliphatic carbocycles. The number of hydrogen-bond donors (Lipinski definition) is 0. The van der Waals surface area contributed by atoms with Crippen LogP contribution in [0.4, 0.5) is 0 Å². The van der Waals surface area contributed by atoms with Crippen molar-refractivity contribution in [1.82, 2.24) is 9.13 Å². The molecule has 0 saturated carbocycles. The molecule has 2 heterocycles. The van der Waals surface area contributed by atoms with Crippen molar-refractivity contribution in [1.29, 1.82) is 0 Å². The summed E-state index contributed by atoms with van der Waals surface area (Å²) in [6, 6.07) is 5.18. The minimum atomic E-state index is -1.17. The van der Waals surface area contributed by atoms with Gasteiger partial charge in [0, 0.05) is 49.1 Å². The Kier molecular flexibility index (Phi) is 53.3. The molecule has 22 N–H and O–H groups in total. The molecule has 0 unspecified atom stereocenters. The standard InChI is InChI=1S/2C7H7NO3.Ni.8H2O/c2*9-6-1-3-8(4-2-6)5-7(10)11;;;;;;;;;/h2*1-4H,5H2,(H,10,11);;8*1H2/q;;+2;;;;;;;;/p+4. The Morgan fingerprint density at radius 2 is 0.806 bits per heavy atom. The first-order valence-corrected chi connectivity index (χ1v) is 6.09. The minimum absolute atomic E-state index is 0. The Morgan fingerprint density at radius 1 is 0.613 bits per heavy atom. The quantitative estimate of drug-likeness (QED) is 0.282. The van der Waals surface area contributed by atoms with Crippen LogP contribution >= 0.6 is 0 Å². The van der Waals surface area contributed by atoms with E-state index in [1.807, 2.05) is 0 Å². The van der Waals surface area contributed by atoms with E-state index in [-0.39, 0.29) is 84.2 Å². The third kappa shape index (κ3) is 27.0. The molecule has 16 nitrogen and oxygen atoms in total. The third-order valence-electron chi connectivity index (χ3n) is 2.34. The predicted octanol–water partition coefficient (Wildman–Crippen LogP) is -9.99. The average Bonchev–Trinajstić information content (AvgIpc) is 2.44. The molecular weight excluding hydrogens is 479 g/mol. The number of carboxylic acids is 2. The van der Waals surface area contributed by atoms with E-state index in [1.165, 1.54) is 58.2 Å². The topological polar surface area (TPSA) is 385 Å². The summed E-state index contributed by atoms with van der Waals surface area (Å²) >= 11 is 0. The summed E-state index contributed by atoms with van der Waals surface area (Å²) in [4.78, 5) is 41.1. The minimum Gasteiger partial charge on any atom is -0.548 e. The Bertz CT molecular complexity index is 674. The molecule has 2 rings (SSSR count). The maximum absolute atomic E-state index is 10.5. The van der Waals surface area contributed by atoms with Gasteiger partial charge in [-0.25, -0.2) is 0 Å². The van der Waals surface area contributed by atoms with E-state index in [1.54, 1.807) is 0 Å². The van der Waals surface area contributed by atoms with Crippen LogP contribution < -0.4 is 21.1 Å². The van der Waals surface area contributed by atoms with Crippen LogP contribution in [0, 0.1) is 0 Å². The number of hydrogen-bond acceptors (Lipinski definition) is 6. The molecule has 0 fully saturated rings. The van der Waals surface area contributed by atoms with Gasteiger partial charge < -0.3 is 72.7 Å². The average molecular weight is 513 g/mol.